The van der Waals surface area contributed by atoms with Gasteiger partial charge < -0.3 is 14.8 Å². The zero-order valence-corrected chi connectivity index (χ0v) is 10.4. The maximum atomic E-state index is 12.0. The lowest BCUT2D eigenvalue weighted by Gasteiger charge is -2.45. The van der Waals surface area contributed by atoms with Crippen molar-refractivity contribution in [3.63, 3.8) is 0 Å². The summed E-state index contributed by atoms with van der Waals surface area (Å²) in [5.74, 6) is 0. The van der Waals surface area contributed by atoms with Gasteiger partial charge in [-0.15, -0.1) is 0 Å². The average Bonchev–Trinajstić information content (AvgIpc) is 2.31. The zero-order valence-electron chi connectivity index (χ0n) is 10.4. The first-order valence-corrected chi connectivity index (χ1v) is 6.35. The Kier molecular flexibility index (Phi) is 5.37. The van der Waals surface area contributed by atoms with E-state index in [1.165, 1.54) is 0 Å². The van der Waals surface area contributed by atoms with Crippen LogP contribution in [0.3, 0.4) is 0 Å². The fourth-order valence-electron chi connectivity index (χ4n) is 2.58. The van der Waals surface area contributed by atoms with Crippen LogP contribution in [0, 0.1) is 0 Å². The van der Waals surface area contributed by atoms with E-state index in [0.717, 1.165) is 6.54 Å². The lowest BCUT2D eigenvalue weighted by molar-refractivity contribution is -0.195. The Hall–Kier alpha value is -0.440. The van der Waals surface area contributed by atoms with E-state index >= 15 is 0 Å². The number of nitrogens with zero attached hydrogens (tertiary/aromatic N) is 1. The first-order valence-electron chi connectivity index (χ1n) is 6.35. The van der Waals surface area contributed by atoms with Crippen molar-refractivity contribution in [3.8, 4) is 0 Å². The van der Waals surface area contributed by atoms with E-state index in [1.54, 1.807) is 0 Å². The van der Waals surface area contributed by atoms with E-state index in [0.29, 0.717) is 25.9 Å². The van der Waals surface area contributed by atoms with E-state index in [2.05, 4.69) is 19.7 Å². The maximum Gasteiger partial charge on any atom is 0.345 e. The molecule has 19 heavy (non-hydrogen) atoms. The molecule has 0 aromatic carbocycles. The Bertz CT molecular complexity index is 277. The topological polar surface area (TPSA) is 33.7 Å². The Morgan fingerprint density at radius 3 is 2.53 bits per heavy atom. The molecule has 0 amide bonds. The molecule has 1 aliphatic carbocycles. The van der Waals surface area contributed by atoms with E-state index in [9.17, 15) is 17.6 Å². The van der Waals surface area contributed by atoms with Gasteiger partial charge in [0.1, 0.15) is 0 Å². The summed E-state index contributed by atoms with van der Waals surface area (Å²) in [6, 6.07) is 0.0673. The summed E-state index contributed by atoms with van der Waals surface area (Å²) in [6.07, 6.45) is 0.773. The largest absolute Gasteiger partial charge is 0.345 e. The number of piperazine rings is 1. The molecular formula is C11H18F4N2O2. The lowest BCUT2D eigenvalue weighted by Crippen LogP contribution is -2.59. The first kappa shape index (κ1) is 15.0. The fourth-order valence-corrected chi connectivity index (χ4v) is 2.58. The van der Waals surface area contributed by atoms with E-state index in [4.69, 9.17) is 0 Å². The number of alkyl halides is 4. The molecule has 1 saturated carbocycles. The molecule has 8 heteroatoms. The van der Waals surface area contributed by atoms with Gasteiger partial charge in [0.05, 0.1) is 12.7 Å². The summed E-state index contributed by atoms with van der Waals surface area (Å²) in [5.41, 5.74) is 0. The molecule has 0 aromatic rings. The number of halogens is 4. The van der Waals surface area contributed by atoms with E-state index < -0.39 is 13.2 Å². The van der Waals surface area contributed by atoms with Crippen molar-refractivity contribution in [2.45, 2.75) is 44.3 Å². The summed E-state index contributed by atoms with van der Waals surface area (Å²) in [4.78, 5) is 2.13. The third-order valence-corrected chi connectivity index (χ3v) is 3.59. The van der Waals surface area contributed by atoms with Crippen LogP contribution in [-0.4, -0.2) is 62.6 Å². The van der Waals surface area contributed by atoms with Gasteiger partial charge in [-0.1, -0.05) is 0 Å². The molecule has 1 heterocycles. The highest BCUT2D eigenvalue weighted by Crippen LogP contribution is 2.30. The Labute approximate surface area is 109 Å². The van der Waals surface area contributed by atoms with Crippen LogP contribution < -0.4 is 5.32 Å². The molecular weight excluding hydrogens is 268 g/mol. The number of nitrogens with one attached hydrogen (secondary N) is 1. The Morgan fingerprint density at radius 1 is 1.16 bits per heavy atom. The second kappa shape index (κ2) is 6.83. The summed E-state index contributed by atoms with van der Waals surface area (Å²) >= 11 is 0. The first-order chi connectivity index (χ1) is 9.04. The Morgan fingerprint density at radius 2 is 1.89 bits per heavy atom. The van der Waals surface area contributed by atoms with Gasteiger partial charge in [-0.05, 0) is 12.8 Å². The third-order valence-electron chi connectivity index (χ3n) is 3.59. The highest BCUT2D eigenvalue weighted by Gasteiger charge is 2.37. The summed E-state index contributed by atoms with van der Waals surface area (Å²) < 4.78 is 56.6. The van der Waals surface area contributed by atoms with Gasteiger partial charge in [0.2, 0.25) is 0 Å². The van der Waals surface area contributed by atoms with Crippen LogP contribution in [0.2, 0.25) is 0 Å². The summed E-state index contributed by atoms with van der Waals surface area (Å²) in [6.45, 7) is -3.45. The van der Waals surface area contributed by atoms with Crippen LogP contribution in [0.4, 0.5) is 17.6 Å². The van der Waals surface area contributed by atoms with Gasteiger partial charge in [0.15, 0.2) is 0 Å². The minimum Gasteiger partial charge on any atom is -0.321 e. The molecule has 112 valence electrons. The minimum atomic E-state index is -2.76. The van der Waals surface area contributed by atoms with E-state index in [1.807, 2.05) is 0 Å². The molecule has 0 bridgehead atoms. The normalized spacial score (nSPS) is 32.8. The van der Waals surface area contributed by atoms with Crippen LogP contribution in [0.5, 0.6) is 0 Å². The monoisotopic (exact) mass is 286 g/mol. The molecule has 2 aliphatic rings. The van der Waals surface area contributed by atoms with E-state index in [-0.39, 0.29) is 24.8 Å². The smallest absolute Gasteiger partial charge is 0.321 e. The lowest BCUT2D eigenvalue weighted by atomic mass is 9.87. The molecule has 0 spiro atoms. The van der Waals surface area contributed by atoms with Crippen molar-refractivity contribution >= 4 is 0 Å². The second-order valence-corrected chi connectivity index (χ2v) is 4.88. The highest BCUT2D eigenvalue weighted by atomic mass is 19.3. The van der Waals surface area contributed by atoms with Gasteiger partial charge in [0.25, 0.3) is 0 Å². The molecule has 1 unspecified atom stereocenters. The minimum absolute atomic E-state index is 0.0438. The van der Waals surface area contributed by atoms with Gasteiger partial charge in [0, 0.05) is 31.7 Å². The van der Waals surface area contributed by atoms with Crippen LogP contribution in [0.1, 0.15) is 12.8 Å². The number of rotatable bonds is 6. The molecule has 2 fully saturated rings. The second-order valence-electron chi connectivity index (χ2n) is 4.88. The van der Waals surface area contributed by atoms with Gasteiger partial charge in [-0.25, -0.2) is 0 Å². The van der Waals surface area contributed by atoms with Gasteiger partial charge in [-0.2, -0.15) is 17.6 Å². The van der Waals surface area contributed by atoms with Crippen molar-refractivity contribution in [3.05, 3.63) is 0 Å². The number of ether oxygens (including phenoxy) is 2. The van der Waals surface area contributed by atoms with Crippen LogP contribution in [0.25, 0.3) is 0 Å². The number of hydrogen-bond donors (Lipinski definition) is 1. The van der Waals surface area contributed by atoms with Crippen molar-refractivity contribution in [2.24, 2.45) is 0 Å². The maximum absolute atomic E-state index is 12.0. The predicted octanol–water partition coefficient (Wildman–Crippen LogP) is 1.27. The molecule has 0 aromatic heterocycles. The standard InChI is InChI=1S/C11H18F4N2O2/c12-10(13)18-6-7-5-17(2-1-16-7)8-3-9(4-8)19-11(14)15/h7-11,16H,1-6H2. The molecule has 1 N–H and O–H groups in total. The number of hydrogen-bond acceptors (Lipinski definition) is 4. The van der Waals surface area contributed by atoms with Crippen LogP contribution >= 0.6 is 0 Å². The van der Waals surface area contributed by atoms with Crippen molar-refractivity contribution < 1.29 is 27.0 Å². The van der Waals surface area contributed by atoms with Crippen LogP contribution in [-0.2, 0) is 9.47 Å². The molecule has 1 atom stereocenters. The van der Waals surface area contributed by atoms with Crippen LogP contribution in [0.15, 0.2) is 0 Å². The Balaban J connectivity index is 1.67. The zero-order chi connectivity index (χ0) is 13.8. The molecule has 1 saturated heterocycles. The fraction of sp³-hybridized carbons (Fsp3) is 1.00. The summed E-state index contributed by atoms with van der Waals surface area (Å²) in [7, 11) is 0. The predicted molar refractivity (Wildman–Crippen MR) is 59.2 cm³/mol. The van der Waals surface area contributed by atoms with Crippen molar-refractivity contribution in [1.29, 1.82) is 0 Å². The quantitative estimate of drug-likeness (QED) is 0.746. The van der Waals surface area contributed by atoms with Gasteiger partial charge in [-0.3, -0.25) is 4.90 Å². The summed E-state index contributed by atoms with van der Waals surface area (Å²) in [5, 5.41) is 3.10. The third kappa shape index (κ3) is 4.55. The highest BCUT2D eigenvalue weighted by molar-refractivity contribution is 4.92. The average molecular weight is 286 g/mol. The molecule has 2 rings (SSSR count). The molecule has 4 nitrogen and oxygen atoms in total. The SMILES string of the molecule is FC(F)OCC1CN(C2CC(OC(F)F)C2)CCN1. The molecule has 1 aliphatic heterocycles. The van der Waals surface area contributed by atoms with Gasteiger partial charge >= 0.3 is 13.2 Å². The van der Waals surface area contributed by atoms with Crippen molar-refractivity contribution in [2.75, 3.05) is 26.2 Å². The molecule has 0 radical (unpaired) electrons. The van der Waals surface area contributed by atoms with Crippen molar-refractivity contribution in [1.82, 2.24) is 10.2 Å².